The highest BCUT2D eigenvalue weighted by molar-refractivity contribution is 5.86. The zero-order valence-corrected chi connectivity index (χ0v) is 25.4. The van der Waals surface area contributed by atoms with E-state index in [0.29, 0.717) is 0 Å². The summed E-state index contributed by atoms with van der Waals surface area (Å²) < 4.78 is 0. The van der Waals surface area contributed by atoms with Gasteiger partial charge in [-0.05, 0) is 68.8 Å². The number of hydrogen-bond donors (Lipinski definition) is 0. The summed E-state index contributed by atoms with van der Waals surface area (Å²) in [6, 6.07) is 56.0. The molecule has 0 saturated carbocycles. The summed E-state index contributed by atoms with van der Waals surface area (Å²) in [5.74, 6) is 0.726. The maximum Gasteiger partial charge on any atom is 0.160 e. The lowest BCUT2D eigenvalue weighted by Gasteiger charge is -2.22. The van der Waals surface area contributed by atoms with Gasteiger partial charge in [-0.3, -0.25) is 0 Å². The lowest BCUT2D eigenvalue weighted by atomic mass is 9.81. The Morgan fingerprint density at radius 1 is 0.356 bits per heavy atom. The number of rotatable bonds is 5. The number of fused-ring (bicyclic) bond motifs is 3. The molecule has 6 aromatic carbocycles. The lowest BCUT2D eigenvalue weighted by Crippen LogP contribution is -2.15. The number of benzene rings is 6. The fraction of sp³-hybridized carbons (Fsp3) is 0.0698. The van der Waals surface area contributed by atoms with Crippen molar-refractivity contribution < 1.29 is 0 Å². The molecule has 2 nitrogen and oxygen atoms in total. The molecule has 45 heavy (non-hydrogen) atoms. The Kier molecular flexibility index (Phi) is 6.50. The molecule has 0 aliphatic heterocycles. The van der Waals surface area contributed by atoms with Gasteiger partial charge in [-0.2, -0.15) is 0 Å². The first-order valence-electron chi connectivity index (χ1n) is 15.5. The Morgan fingerprint density at radius 3 is 1.40 bits per heavy atom. The highest BCUT2D eigenvalue weighted by atomic mass is 14.9. The van der Waals surface area contributed by atoms with Crippen molar-refractivity contribution in [2.45, 2.75) is 19.3 Å². The van der Waals surface area contributed by atoms with Crippen LogP contribution in [0.1, 0.15) is 25.0 Å². The summed E-state index contributed by atoms with van der Waals surface area (Å²) in [5, 5.41) is 0. The molecular formula is C43H32N2. The van der Waals surface area contributed by atoms with Gasteiger partial charge in [0.15, 0.2) is 5.82 Å². The molecule has 0 saturated heterocycles. The quantitative estimate of drug-likeness (QED) is 0.204. The van der Waals surface area contributed by atoms with Crippen molar-refractivity contribution in [3.8, 4) is 67.3 Å². The largest absolute Gasteiger partial charge is 0.228 e. The number of aromatic nitrogens is 2. The molecule has 0 bridgehead atoms. The summed E-state index contributed by atoms with van der Waals surface area (Å²) in [4.78, 5) is 10.0. The van der Waals surface area contributed by atoms with E-state index < -0.39 is 0 Å². The van der Waals surface area contributed by atoms with Gasteiger partial charge in [0.05, 0.1) is 11.4 Å². The van der Waals surface area contributed by atoms with E-state index >= 15 is 0 Å². The standard InChI is InChI=1S/C43H32N2/c1-43(2)38-26-33(29-13-6-3-7-14-29)21-23-36(38)37-24-22-34(27-39(37)43)32-19-12-20-35(25-32)41-28-40(30-15-8-4-9-16-30)44-42(45-41)31-17-10-5-11-18-31/h3-28H,1-2H3. The van der Waals surface area contributed by atoms with Gasteiger partial charge in [0, 0.05) is 22.1 Å². The molecule has 214 valence electrons. The Morgan fingerprint density at radius 2 is 0.800 bits per heavy atom. The third kappa shape index (κ3) is 4.85. The molecule has 1 aromatic heterocycles. The Bertz CT molecular complexity index is 2110. The summed E-state index contributed by atoms with van der Waals surface area (Å²) in [6.45, 7) is 4.70. The highest BCUT2D eigenvalue weighted by Gasteiger charge is 2.35. The minimum atomic E-state index is -0.106. The number of hydrogen-bond acceptors (Lipinski definition) is 2. The van der Waals surface area contributed by atoms with Gasteiger partial charge in [-0.1, -0.05) is 147 Å². The fourth-order valence-electron chi connectivity index (χ4n) is 6.65. The van der Waals surface area contributed by atoms with Crippen LogP contribution in [-0.4, -0.2) is 9.97 Å². The number of nitrogens with zero attached hydrogens (tertiary/aromatic N) is 2. The molecule has 0 N–H and O–H groups in total. The lowest BCUT2D eigenvalue weighted by molar-refractivity contribution is 0.661. The zero-order valence-electron chi connectivity index (χ0n) is 25.4. The topological polar surface area (TPSA) is 25.8 Å². The second-order valence-electron chi connectivity index (χ2n) is 12.3. The zero-order chi connectivity index (χ0) is 30.4. The highest BCUT2D eigenvalue weighted by Crippen LogP contribution is 2.50. The molecule has 1 aliphatic carbocycles. The van der Waals surface area contributed by atoms with Crippen LogP contribution in [0.3, 0.4) is 0 Å². The second kappa shape index (κ2) is 10.8. The second-order valence-corrected chi connectivity index (χ2v) is 12.3. The summed E-state index contributed by atoms with van der Waals surface area (Å²) >= 11 is 0. The van der Waals surface area contributed by atoms with E-state index in [2.05, 4.69) is 147 Å². The van der Waals surface area contributed by atoms with Crippen molar-refractivity contribution in [3.05, 3.63) is 169 Å². The van der Waals surface area contributed by atoms with Crippen LogP contribution >= 0.6 is 0 Å². The molecular weight excluding hydrogens is 544 g/mol. The normalized spacial score (nSPS) is 12.8. The van der Waals surface area contributed by atoms with E-state index in [0.717, 1.165) is 33.9 Å². The van der Waals surface area contributed by atoms with Crippen molar-refractivity contribution in [1.82, 2.24) is 9.97 Å². The smallest absolute Gasteiger partial charge is 0.160 e. The maximum absolute atomic E-state index is 5.06. The maximum atomic E-state index is 5.06. The van der Waals surface area contributed by atoms with Crippen molar-refractivity contribution >= 4 is 0 Å². The van der Waals surface area contributed by atoms with Crippen LogP contribution < -0.4 is 0 Å². The van der Waals surface area contributed by atoms with E-state index in [1.54, 1.807) is 0 Å². The molecule has 7 aromatic rings. The van der Waals surface area contributed by atoms with Crippen LogP contribution in [0.5, 0.6) is 0 Å². The van der Waals surface area contributed by atoms with Gasteiger partial charge in [-0.25, -0.2) is 9.97 Å². The minimum Gasteiger partial charge on any atom is -0.228 e. The Hall–Kier alpha value is -5.60. The molecule has 0 spiro atoms. The van der Waals surface area contributed by atoms with Crippen LogP contribution in [0.4, 0.5) is 0 Å². The van der Waals surface area contributed by atoms with Gasteiger partial charge in [0.2, 0.25) is 0 Å². The first-order valence-corrected chi connectivity index (χ1v) is 15.5. The van der Waals surface area contributed by atoms with Gasteiger partial charge in [-0.15, -0.1) is 0 Å². The molecule has 1 heterocycles. The monoisotopic (exact) mass is 576 g/mol. The van der Waals surface area contributed by atoms with Gasteiger partial charge >= 0.3 is 0 Å². The van der Waals surface area contributed by atoms with E-state index in [9.17, 15) is 0 Å². The van der Waals surface area contributed by atoms with E-state index in [-0.39, 0.29) is 5.41 Å². The summed E-state index contributed by atoms with van der Waals surface area (Å²) in [7, 11) is 0. The van der Waals surface area contributed by atoms with Crippen LogP contribution in [0.25, 0.3) is 67.3 Å². The Balaban J connectivity index is 1.19. The third-order valence-corrected chi connectivity index (χ3v) is 9.10. The SMILES string of the molecule is CC1(C)c2cc(-c3ccccc3)ccc2-c2ccc(-c3cccc(-c4cc(-c5ccccc5)nc(-c5ccccc5)n4)c3)cc21. The first kappa shape index (κ1) is 27.0. The molecule has 0 unspecified atom stereocenters. The van der Waals surface area contributed by atoms with Crippen LogP contribution in [-0.2, 0) is 5.41 Å². The van der Waals surface area contributed by atoms with Gasteiger partial charge < -0.3 is 0 Å². The predicted octanol–water partition coefficient (Wildman–Crippen LogP) is 11.1. The Labute approximate surface area is 264 Å². The molecule has 2 heteroatoms. The van der Waals surface area contributed by atoms with E-state index in [1.807, 2.05) is 24.3 Å². The van der Waals surface area contributed by atoms with Crippen LogP contribution in [0.2, 0.25) is 0 Å². The fourth-order valence-corrected chi connectivity index (χ4v) is 6.65. The van der Waals surface area contributed by atoms with Crippen molar-refractivity contribution in [1.29, 1.82) is 0 Å². The van der Waals surface area contributed by atoms with Gasteiger partial charge in [0.25, 0.3) is 0 Å². The van der Waals surface area contributed by atoms with E-state index in [1.165, 1.54) is 44.5 Å². The molecule has 0 fully saturated rings. The summed E-state index contributed by atoms with van der Waals surface area (Å²) in [5.41, 5.74) is 15.2. The predicted molar refractivity (Wildman–Crippen MR) is 187 cm³/mol. The van der Waals surface area contributed by atoms with Crippen molar-refractivity contribution in [2.75, 3.05) is 0 Å². The first-order chi connectivity index (χ1) is 22.0. The van der Waals surface area contributed by atoms with E-state index in [4.69, 9.17) is 9.97 Å². The molecule has 8 rings (SSSR count). The average Bonchev–Trinajstić information content (AvgIpc) is 3.34. The molecule has 0 radical (unpaired) electrons. The van der Waals surface area contributed by atoms with Crippen LogP contribution in [0.15, 0.2) is 158 Å². The molecule has 0 amide bonds. The molecule has 1 aliphatic rings. The molecule has 0 atom stereocenters. The summed E-state index contributed by atoms with van der Waals surface area (Å²) in [6.07, 6.45) is 0. The average molecular weight is 577 g/mol. The van der Waals surface area contributed by atoms with Crippen molar-refractivity contribution in [3.63, 3.8) is 0 Å². The van der Waals surface area contributed by atoms with Crippen LogP contribution in [0, 0.1) is 0 Å². The minimum absolute atomic E-state index is 0.106. The van der Waals surface area contributed by atoms with Crippen molar-refractivity contribution in [2.24, 2.45) is 0 Å². The van der Waals surface area contributed by atoms with Gasteiger partial charge in [0.1, 0.15) is 0 Å². The third-order valence-electron chi connectivity index (χ3n) is 9.10.